The van der Waals surface area contributed by atoms with E-state index in [1.807, 2.05) is 0 Å². The normalized spacial score (nSPS) is 10.8. The maximum atomic E-state index is 11.9. The van der Waals surface area contributed by atoms with Gasteiger partial charge in [0.05, 0.1) is 4.92 Å². The van der Waals surface area contributed by atoms with Gasteiger partial charge in [0.1, 0.15) is 11.2 Å². The van der Waals surface area contributed by atoms with E-state index in [9.17, 15) is 19.7 Å². The molecule has 0 heterocycles. The van der Waals surface area contributed by atoms with E-state index in [-0.39, 0.29) is 16.9 Å². The van der Waals surface area contributed by atoms with Crippen molar-refractivity contribution in [3.8, 4) is 0 Å². The molecule has 0 aliphatic rings. The summed E-state index contributed by atoms with van der Waals surface area (Å²) in [6, 6.07) is 3.63. The van der Waals surface area contributed by atoms with E-state index in [0.717, 1.165) is 6.07 Å². The first-order valence-electron chi connectivity index (χ1n) is 5.31. The third-order valence-electron chi connectivity index (χ3n) is 2.53. The van der Waals surface area contributed by atoms with Crippen molar-refractivity contribution in [3.63, 3.8) is 0 Å². The quantitative estimate of drug-likeness (QED) is 0.404. The van der Waals surface area contributed by atoms with Crippen LogP contribution in [-0.2, 0) is 4.79 Å². The van der Waals surface area contributed by atoms with Crippen LogP contribution in [0.15, 0.2) is 18.2 Å². The smallest absolute Gasteiger partial charge is 0.292 e. The Morgan fingerprint density at radius 1 is 1.37 bits per heavy atom. The summed E-state index contributed by atoms with van der Waals surface area (Å²) in [5, 5.41) is 13.1. The van der Waals surface area contributed by atoms with Gasteiger partial charge in [-0.25, -0.2) is 0 Å². The van der Waals surface area contributed by atoms with Gasteiger partial charge in [0.25, 0.3) is 11.6 Å². The summed E-state index contributed by atoms with van der Waals surface area (Å²) < 4.78 is 0. The molecule has 5 N–H and O–H groups in total. The number of hydrogen-bond acceptors (Lipinski definition) is 5. The minimum Gasteiger partial charge on any atom is -0.393 e. The third-order valence-corrected chi connectivity index (χ3v) is 2.53. The molecule has 0 unspecified atom stereocenters. The average molecular weight is 266 g/mol. The number of nitrogens with two attached hydrogens (primary N) is 2. The number of nitrogens with one attached hydrogen (secondary N) is 1. The zero-order valence-corrected chi connectivity index (χ0v) is 10.5. The minimum absolute atomic E-state index is 0.0234. The highest BCUT2D eigenvalue weighted by Crippen LogP contribution is 2.22. The number of anilines is 1. The van der Waals surface area contributed by atoms with E-state index in [0.29, 0.717) is 0 Å². The number of nitro groups is 1. The van der Waals surface area contributed by atoms with E-state index >= 15 is 0 Å². The lowest BCUT2D eigenvalue weighted by molar-refractivity contribution is -0.383. The Labute approximate surface area is 108 Å². The van der Waals surface area contributed by atoms with Crippen molar-refractivity contribution >= 4 is 23.2 Å². The first-order chi connectivity index (χ1) is 8.65. The predicted octanol–water partition coefficient (Wildman–Crippen LogP) is 0.171. The second-order valence-electron chi connectivity index (χ2n) is 4.47. The van der Waals surface area contributed by atoms with E-state index in [4.69, 9.17) is 11.5 Å². The number of hydrogen-bond donors (Lipinski definition) is 3. The fourth-order valence-corrected chi connectivity index (χ4v) is 1.26. The molecule has 0 aromatic heterocycles. The molecule has 2 amide bonds. The van der Waals surface area contributed by atoms with Gasteiger partial charge in [0, 0.05) is 11.6 Å². The second-order valence-corrected chi connectivity index (χ2v) is 4.47. The number of nitrogen functional groups attached to an aromatic ring is 1. The van der Waals surface area contributed by atoms with Crippen LogP contribution in [0, 0.1) is 10.1 Å². The molecule has 0 aliphatic heterocycles. The highest BCUT2D eigenvalue weighted by molar-refractivity contribution is 5.99. The molecule has 8 heteroatoms. The topological polar surface area (TPSA) is 141 Å². The third kappa shape index (κ3) is 3.18. The van der Waals surface area contributed by atoms with Gasteiger partial charge in [-0.05, 0) is 26.0 Å². The molecule has 1 aromatic carbocycles. The molecule has 0 radical (unpaired) electrons. The summed E-state index contributed by atoms with van der Waals surface area (Å²) in [5.41, 5.74) is 8.89. The lowest BCUT2D eigenvalue weighted by Gasteiger charge is -2.22. The Hall–Kier alpha value is -2.64. The Balaban J connectivity index is 3.05. The molecule has 0 spiro atoms. The van der Waals surface area contributed by atoms with Crippen LogP contribution >= 0.6 is 0 Å². The molecule has 0 saturated carbocycles. The molecule has 0 saturated heterocycles. The standard InChI is InChI=1S/C11H14N4O4/c1-11(2,10(13)17)14-9(16)6-3-4-7(12)8(5-6)15(18)19/h3-5H,12H2,1-2H3,(H2,13,17)(H,14,16). The van der Waals surface area contributed by atoms with Crippen LogP contribution in [0.4, 0.5) is 11.4 Å². The molecule has 0 bridgehead atoms. The van der Waals surface area contributed by atoms with Crippen LogP contribution in [0.2, 0.25) is 0 Å². The number of primary amides is 1. The second kappa shape index (κ2) is 4.92. The lowest BCUT2D eigenvalue weighted by atomic mass is 10.0. The summed E-state index contributed by atoms with van der Waals surface area (Å²) in [7, 11) is 0. The Kier molecular flexibility index (Phi) is 3.74. The maximum Gasteiger partial charge on any atom is 0.292 e. The first kappa shape index (κ1) is 14.4. The van der Waals surface area contributed by atoms with E-state index in [1.165, 1.54) is 26.0 Å². The van der Waals surface area contributed by atoms with Crippen LogP contribution in [0.5, 0.6) is 0 Å². The van der Waals surface area contributed by atoms with Crippen molar-refractivity contribution < 1.29 is 14.5 Å². The zero-order valence-electron chi connectivity index (χ0n) is 10.5. The molecule has 0 atom stereocenters. The van der Waals surface area contributed by atoms with Gasteiger partial charge in [0.2, 0.25) is 5.91 Å². The van der Waals surface area contributed by atoms with Crippen molar-refractivity contribution in [2.75, 3.05) is 5.73 Å². The number of benzene rings is 1. The molecule has 0 aliphatic carbocycles. The predicted molar refractivity (Wildman–Crippen MR) is 68.2 cm³/mol. The molecule has 8 nitrogen and oxygen atoms in total. The van der Waals surface area contributed by atoms with Crippen LogP contribution in [0.25, 0.3) is 0 Å². The molecule has 0 fully saturated rings. The largest absolute Gasteiger partial charge is 0.393 e. The molecule has 102 valence electrons. The highest BCUT2D eigenvalue weighted by Gasteiger charge is 2.28. The van der Waals surface area contributed by atoms with E-state index in [2.05, 4.69) is 5.32 Å². The highest BCUT2D eigenvalue weighted by atomic mass is 16.6. The van der Waals surface area contributed by atoms with Crippen LogP contribution in [-0.4, -0.2) is 22.3 Å². The van der Waals surface area contributed by atoms with E-state index in [1.54, 1.807) is 0 Å². The average Bonchev–Trinajstić information content (AvgIpc) is 2.28. The fraction of sp³-hybridized carbons (Fsp3) is 0.273. The monoisotopic (exact) mass is 266 g/mol. The van der Waals surface area contributed by atoms with Crippen LogP contribution in [0.1, 0.15) is 24.2 Å². The summed E-state index contributed by atoms with van der Waals surface area (Å²) >= 11 is 0. The van der Waals surface area contributed by atoms with Crippen molar-refractivity contribution in [1.82, 2.24) is 5.32 Å². The summed E-state index contributed by atoms with van der Waals surface area (Å²) in [6.45, 7) is 2.86. The SMILES string of the molecule is CC(C)(NC(=O)c1ccc(N)c([N+](=O)[O-])c1)C(N)=O. The van der Waals surface area contributed by atoms with Crippen molar-refractivity contribution in [2.24, 2.45) is 5.73 Å². The number of amides is 2. The van der Waals surface area contributed by atoms with Gasteiger partial charge in [-0.1, -0.05) is 0 Å². The van der Waals surface area contributed by atoms with Gasteiger partial charge >= 0.3 is 0 Å². The first-order valence-corrected chi connectivity index (χ1v) is 5.31. The van der Waals surface area contributed by atoms with Crippen molar-refractivity contribution in [2.45, 2.75) is 19.4 Å². The molecular formula is C11H14N4O4. The summed E-state index contributed by atoms with van der Waals surface area (Å²) in [4.78, 5) is 33.0. The summed E-state index contributed by atoms with van der Waals surface area (Å²) in [5.74, 6) is -1.36. The molecule has 19 heavy (non-hydrogen) atoms. The number of carbonyl (C=O) groups is 2. The molecular weight excluding hydrogens is 252 g/mol. The van der Waals surface area contributed by atoms with Gasteiger partial charge in [0.15, 0.2) is 0 Å². The van der Waals surface area contributed by atoms with Gasteiger partial charge in [-0.15, -0.1) is 0 Å². The van der Waals surface area contributed by atoms with Crippen molar-refractivity contribution in [1.29, 1.82) is 0 Å². The van der Waals surface area contributed by atoms with Gasteiger partial charge < -0.3 is 16.8 Å². The van der Waals surface area contributed by atoms with Gasteiger partial charge in [-0.2, -0.15) is 0 Å². The number of carbonyl (C=O) groups excluding carboxylic acids is 2. The number of nitrogens with zero attached hydrogens (tertiary/aromatic N) is 1. The zero-order chi connectivity index (χ0) is 14.8. The number of rotatable bonds is 4. The molecule has 1 rings (SSSR count). The Morgan fingerprint density at radius 3 is 2.42 bits per heavy atom. The lowest BCUT2D eigenvalue weighted by Crippen LogP contribution is -2.53. The van der Waals surface area contributed by atoms with Crippen LogP contribution < -0.4 is 16.8 Å². The van der Waals surface area contributed by atoms with Crippen LogP contribution in [0.3, 0.4) is 0 Å². The summed E-state index contributed by atoms with van der Waals surface area (Å²) in [6.07, 6.45) is 0. The van der Waals surface area contributed by atoms with Gasteiger partial charge in [-0.3, -0.25) is 19.7 Å². The fourth-order valence-electron chi connectivity index (χ4n) is 1.26. The minimum atomic E-state index is -1.26. The number of nitro benzene ring substituents is 1. The van der Waals surface area contributed by atoms with E-state index < -0.39 is 22.3 Å². The Bertz CT molecular complexity index is 554. The Morgan fingerprint density at radius 2 is 1.95 bits per heavy atom. The molecule has 1 aromatic rings. The maximum absolute atomic E-state index is 11.9. The van der Waals surface area contributed by atoms with Crippen molar-refractivity contribution in [3.05, 3.63) is 33.9 Å².